The van der Waals surface area contributed by atoms with Crippen molar-refractivity contribution in [3.05, 3.63) is 42.5 Å². The molecule has 0 saturated heterocycles. The number of likely N-dealkylation sites (N-methyl/N-ethyl adjacent to an activating group) is 1. The molecule has 0 aliphatic heterocycles. The van der Waals surface area contributed by atoms with Gasteiger partial charge in [0.05, 0.1) is 0 Å². The van der Waals surface area contributed by atoms with Crippen LogP contribution in [0.4, 0.5) is 0 Å². The zero-order valence-electron chi connectivity index (χ0n) is 10.8. The smallest absolute Gasteiger partial charge is 0.119 e. The van der Waals surface area contributed by atoms with Gasteiger partial charge in [-0.1, -0.05) is 24.8 Å². The summed E-state index contributed by atoms with van der Waals surface area (Å²) >= 11 is 0. The van der Waals surface area contributed by atoms with E-state index in [1.807, 2.05) is 12.1 Å². The first-order chi connectivity index (χ1) is 8.22. The molecule has 0 spiro atoms. The number of benzene rings is 1. The summed E-state index contributed by atoms with van der Waals surface area (Å²) in [5.41, 5.74) is 1.27. The molecule has 0 saturated carbocycles. The predicted octanol–water partition coefficient (Wildman–Crippen LogP) is 1.90. The Bertz CT molecular complexity index is 319. The molecule has 0 atom stereocenters. The van der Waals surface area contributed by atoms with E-state index in [-0.39, 0.29) is 0 Å². The molecule has 0 aliphatic carbocycles. The minimum Gasteiger partial charge on any atom is -0.490 e. The Morgan fingerprint density at radius 3 is 2.59 bits per heavy atom. The molecule has 0 bridgehead atoms. The lowest BCUT2D eigenvalue weighted by atomic mass is 10.2. The topological polar surface area (TPSA) is 24.5 Å². The van der Waals surface area contributed by atoms with Crippen LogP contribution in [0.25, 0.3) is 0 Å². The third kappa shape index (κ3) is 6.09. The number of hydrogen-bond donors (Lipinski definition) is 1. The normalized spacial score (nSPS) is 10.5. The van der Waals surface area contributed by atoms with Crippen LogP contribution in [0.5, 0.6) is 5.75 Å². The van der Waals surface area contributed by atoms with Crippen molar-refractivity contribution >= 4 is 0 Å². The maximum atomic E-state index is 5.42. The van der Waals surface area contributed by atoms with E-state index >= 15 is 0 Å². The molecule has 94 valence electrons. The van der Waals surface area contributed by atoms with E-state index in [1.165, 1.54) is 5.56 Å². The monoisotopic (exact) mass is 234 g/mol. The van der Waals surface area contributed by atoms with Crippen LogP contribution >= 0.6 is 0 Å². The summed E-state index contributed by atoms with van der Waals surface area (Å²) in [6.07, 6.45) is 1.75. The van der Waals surface area contributed by atoms with Crippen molar-refractivity contribution in [2.45, 2.75) is 6.54 Å². The molecular weight excluding hydrogens is 212 g/mol. The molecular formula is C14H22N2O. The summed E-state index contributed by atoms with van der Waals surface area (Å²) in [7, 11) is 4.15. The maximum absolute atomic E-state index is 5.42. The quantitative estimate of drug-likeness (QED) is 0.549. The van der Waals surface area contributed by atoms with E-state index in [1.54, 1.807) is 6.08 Å². The SMILES string of the molecule is C=CCOc1ccc(CNCCN(C)C)cc1. The van der Waals surface area contributed by atoms with Crippen molar-refractivity contribution in [1.29, 1.82) is 0 Å². The zero-order valence-corrected chi connectivity index (χ0v) is 10.8. The summed E-state index contributed by atoms with van der Waals surface area (Å²) in [6, 6.07) is 8.15. The van der Waals surface area contributed by atoms with Crippen LogP contribution in [0.3, 0.4) is 0 Å². The summed E-state index contributed by atoms with van der Waals surface area (Å²) < 4.78 is 5.42. The van der Waals surface area contributed by atoms with E-state index in [4.69, 9.17) is 4.74 Å². The lowest BCUT2D eigenvalue weighted by molar-refractivity contribution is 0.363. The van der Waals surface area contributed by atoms with Crippen molar-refractivity contribution in [2.75, 3.05) is 33.8 Å². The van der Waals surface area contributed by atoms with Crippen LogP contribution in [0.2, 0.25) is 0 Å². The van der Waals surface area contributed by atoms with Gasteiger partial charge in [-0.25, -0.2) is 0 Å². The van der Waals surface area contributed by atoms with Crippen LogP contribution in [0.1, 0.15) is 5.56 Å². The van der Waals surface area contributed by atoms with Gasteiger partial charge in [0.1, 0.15) is 12.4 Å². The fourth-order valence-corrected chi connectivity index (χ4v) is 1.39. The second-order valence-electron chi connectivity index (χ2n) is 4.22. The number of nitrogens with zero attached hydrogens (tertiary/aromatic N) is 1. The summed E-state index contributed by atoms with van der Waals surface area (Å²) in [6.45, 7) is 7.13. The number of nitrogens with one attached hydrogen (secondary N) is 1. The Kier molecular flexibility index (Phi) is 6.37. The van der Waals surface area contributed by atoms with Crippen molar-refractivity contribution < 1.29 is 4.74 Å². The van der Waals surface area contributed by atoms with Gasteiger partial charge in [-0.15, -0.1) is 0 Å². The van der Waals surface area contributed by atoms with E-state index < -0.39 is 0 Å². The Labute approximate surface area is 104 Å². The van der Waals surface area contributed by atoms with Gasteiger partial charge in [0.15, 0.2) is 0 Å². The highest BCUT2D eigenvalue weighted by molar-refractivity contribution is 5.27. The van der Waals surface area contributed by atoms with E-state index in [2.05, 4.69) is 43.0 Å². The minimum absolute atomic E-state index is 0.556. The van der Waals surface area contributed by atoms with Gasteiger partial charge < -0.3 is 15.0 Å². The van der Waals surface area contributed by atoms with Crippen molar-refractivity contribution in [3.63, 3.8) is 0 Å². The van der Waals surface area contributed by atoms with Crippen LogP contribution in [-0.2, 0) is 6.54 Å². The van der Waals surface area contributed by atoms with Crippen molar-refractivity contribution in [1.82, 2.24) is 10.2 Å². The number of rotatable bonds is 8. The lowest BCUT2D eigenvalue weighted by Gasteiger charge is -2.10. The molecule has 0 amide bonds. The molecule has 0 heterocycles. The zero-order chi connectivity index (χ0) is 12.5. The Morgan fingerprint density at radius 1 is 1.29 bits per heavy atom. The van der Waals surface area contributed by atoms with Crippen molar-refractivity contribution in [3.8, 4) is 5.75 Å². The molecule has 0 fully saturated rings. The summed E-state index contributed by atoms with van der Waals surface area (Å²) in [4.78, 5) is 2.17. The molecule has 0 unspecified atom stereocenters. The molecule has 1 N–H and O–H groups in total. The van der Waals surface area contributed by atoms with Gasteiger partial charge in [0.25, 0.3) is 0 Å². The summed E-state index contributed by atoms with van der Waals surface area (Å²) in [5.74, 6) is 0.891. The highest BCUT2D eigenvalue weighted by atomic mass is 16.5. The van der Waals surface area contributed by atoms with Crippen LogP contribution in [0.15, 0.2) is 36.9 Å². The predicted molar refractivity (Wildman–Crippen MR) is 72.4 cm³/mol. The third-order valence-corrected chi connectivity index (χ3v) is 2.36. The minimum atomic E-state index is 0.556. The van der Waals surface area contributed by atoms with Gasteiger partial charge in [-0.3, -0.25) is 0 Å². The molecule has 1 rings (SSSR count). The Morgan fingerprint density at radius 2 is 2.00 bits per heavy atom. The average molecular weight is 234 g/mol. The Balaban J connectivity index is 2.27. The van der Waals surface area contributed by atoms with Crippen LogP contribution < -0.4 is 10.1 Å². The molecule has 3 heteroatoms. The highest BCUT2D eigenvalue weighted by Gasteiger charge is 1.95. The fraction of sp³-hybridized carbons (Fsp3) is 0.429. The standard InChI is InChI=1S/C14H22N2O/c1-4-11-17-14-7-5-13(6-8-14)12-15-9-10-16(2)3/h4-8,15H,1,9-12H2,2-3H3. The molecule has 1 aromatic carbocycles. The third-order valence-electron chi connectivity index (χ3n) is 2.36. The molecule has 3 nitrogen and oxygen atoms in total. The second kappa shape index (κ2) is 7.87. The van der Waals surface area contributed by atoms with Gasteiger partial charge in [-0.2, -0.15) is 0 Å². The Hall–Kier alpha value is -1.32. The number of hydrogen-bond acceptors (Lipinski definition) is 3. The van der Waals surface area contributed by atoms with E-state index in [9.17, 15) is 0 Å². The van der Waals surface area contributed by atoms with Gasteiger partial charge in [-0.05, 0) is 31.8 Å². The molecule has 0 aromatic heterocycles. The average Bonchev–Trinajstić information content (AvgIpc) is 2.33. The molecule has 1 aromatic rings. The number of ether oxygens (including phenoxy) is 1. The first kappa shape index (κ1) is 13.7. The van der Waals surface area contributed by atoms with E-state index in [0.717, 1.165) is 25.4 Å². The fourth-order valence-electron chi connectivity index (χ4n) is 1.39. The van der Waals surface area contributed by atoms with Crippen LogP contribution in [-0.4, -0.2) is 38.7 Å². The molecule has 0 radical (unpaired) electrons. The largest absolute Gasteiger partial charge is 0.490 e. The van der Waals surface area contributed by atoms with Gasteiger partial charge >= 0.3 is 0 Å². The van der Waals surface area contributed by atoms with Gasteiger partial charge in [0.2, 0.25) is 0 Å². The summed E-state index contributed by atoms with van der Waals surface area (Å²) in [5, 5.41) is 3.40. The van der Waals surface area contributed by atoms with E-state index in [0.29, 0.717) is 6.61 Å². The molecule has 17 heavy (non-hydrogen) atoms. The maximum Gasteiger partial charge on any atom is 0.119 e. The molecule has 0 aliphatic rings. The highest BCUT2D eigenvalue weighted by Crippen LogP contribution is 2.11. The first-order valence-electron chi connectivity index (χ1n) is 5.90. The van der Waals surface area contributed by atoms with Gasteiger partial charge in [0, 0.05) is 19.6 Å². The van der Waals surface area contributed by atoms with Crippen LogP contribution in [0, 0.1) is 0 Å². The second-order valence-corrected chi connectivity index (χ2v) is 4.22. The van der Waals surface area contributed by atoms with Crippen molar-refractivity contribution in [2.24, 2.45) is 0 Å². The lowest BCUT2D eigenvalue weighted by Crippen LogP contribution is -2.26. The first-order valence-corrected chi connectivity index (χ1v) is 5.90.